The van der Waals surface area contributed by atoms with Gasteiger partial charge in [0.05, 0.1) is 18.0 Å². The monoisotopic (exact) mass is 496 g/mol. The van der Waals surface area contributed by atoms with E-state index in [0.29, 0.717) is 16.9 Å². The second-order valence-electron chi connectivity index (χ2n) is 8.41. The van der Waals surface area contributed by atoms with Crippen molar-refractivity contribution in [3.63, 3.8) is 0 Å². The molecule has 0 saturated heterocycles. The largest absolute Gasteiger partial charge is 0.417 e. The Morgan fingerprint density at radius 3 is 2.23 bits per heavy atom. The molecule has 0 amide bonds. The highest BCUT2D eigenvalue weighted by Crippen LogP contribution is 2.36. The number of hydrogen-bond donors (Lipinski definition) is 1. The third-order valence-corrected chi connectivity index (χ3v) is 7.33. The molecular formula is C25H23F3N6S. The van der Waals surface area contributed by atoms with Crippen molar-refractivity contribution in [2.45, 2.75) is 48.0 Å². The van der Waals surface area contributed by atoms with Crippen molar-refractivity contribution in [2.24, 2.45) is 0 Å². The van der Waals surface area contributed by atoms with Crippen LogP contribution in [-0.2, 0) is 6.18 Å². The minimum atomic E-state index is -4.36. The number of aromatic nitrogens is 5. The average Bonchev–Trinajstić information content (AvgIpc) is 3.41. The maximum atomic E-state index is 12.7. The first-order valence-corrected chi connectivity index (χ1v) is 12.2. The van der Waals surface area contributed by atoms with Gasteiger partial charge in [-0.1, -0.05) is 12.1 Å². The molecule has 5 rings (SSSR count). The fourth-order valence-electron chi connectivity index (χ4n) is 4.14. The highest BCUT2D eigenvalue weighted by molar-refractivity contribution is 8.00. The number of alkyl halides is 3. The molecule has 0 radical (unpaired) electrons. The zero-order chi connectivity index (χ0) is 24.3. The van der Waals surface area contributed by atoms with Crippen LogP contribution < -0.4 is 5.32 Å². The van der Waals surface area contributed by atoms with Gasteiger partial charge in [0.2, 0.25) is 0 Å². The molecule has 4 aromatic rings. The lowest BCUT2D eigenvalue weighted by atomic mass is 9.95. The highest BCUT2D eigenvalue weighted by Gasteiger charge is 2.31. The summed E-state index contributed by atoms with van der Waals surface area (Å²) in [5, 5.41) is 12.1. The minimum Gasteiger partial charge on any atom is -0.367 e. The van der Waals surface area contributed by atoms with Crippen LogP contribution in [0.5, 0.6) is 0 Å². The normalized spacial score (nSPS) is 18.4. The van der Waals surface area contributed by atoms with E-state index in [1.807, 2.05) is 23.9 Å². The molecular weight excluding hydrogens is 473 g/mol. The third kappa shape index (κ3) is 5.82. The van der Waals surface area contributed by atoms with Crippen LogP contribution in [0.2, 0.25) is 0 Å². The molecule has 0 spiro atoms. The van der Waals surface area contributed by atoms with Crippen molar-refractivity contribution in [2.75, 3.05) is 5.32 Å². The molecule has 3 aromatic heterocycles. The summed E-state index contributed by atoms with van der Waals surface area (Å²) in [6.45, 7) is 0. The van der Waals surface area contributed by atoms with Gasteiger partial charge in [0.1, 0.15) is 5.82 Å². The third-order valence-electron chi connectivity index (χ3n) is 5.98. The summed E-state index contributed by atoms with van der Waals surface area (Å²) in [6.07, 6.45) is 5.50. The lowest BCUT2D eigenvalue weighted by Crippen LogP contribution is -2.27. The number of thioether (sulfide) groups is 1. The summed E-state index contributed by atoms with van der Waals surface area (Å²) < 4.78 is 38.1. The Balaban J connectivity index is 1.14. The first kappa shape index (κ1) is 23.3. The Hall–Kier alpha value is -3.40. The lowest BCUT2D eigenvalue weighted by molar-refractivity contribution is -0.137. The molecule has 1 aliphatic rings. The van der Waals surface area contributed by atoms with Crippen LogP contribution in [0.3, 0.4) is 0 Å². The van der Waals surface area contributed by atoms with Crippen molar-refractivity contribution in [1.29, 1.82) is 0 Å². The number of halogens is 3. The predicted octanol–water partition coefficient (Wildman–Crippen LogP) is 6.26. The number of benzene rings is 1. The quantitative estimate of drug-likeness (QED) is 0.340. The zero-order valence-electron chi connectivity index (χ0n) is 18.7. The lowest BCUT2D eigenvalue weighted by Gasteiger charge is -2.29. The van der Waals surface area contributed by atoms with E-state index in [9.17, 15) is 13.2 Å². The van der Waals surface area contributed by atoms with Gasteiger partial charge in [-0.3, -0.25) is 0 Å². The highest BCUT2D eigenvalue weighted by atomic mass is 32.2. The molecule has 3 heterocycles. The topological polar surface area (TPSA) is 68.5 Å². The Kier molecular flexibility index (Phi) is 6.72. The van der Waals surface area contributed by atoms with Crippen LogP contribution in [-0.4, -0.2) is 36.3 Å². The number of rotatable bonds is 6. The van der Waals surface area contributed by atoms with Gasteiger partial charge >= 0.3 is 6.18 Å². The smallest absolute Gasteiger partial charge is 0.367 e. The van der Waals surface area contributed by atoms with Gasteiger partial charge < -0.3 is 5.32 Å². The molecule has 1 N–H and O–H groups in total. The second kappa shape index (κ2) is 10.1. The van der Waals surface area contributed by atoms with Crippen LogP contribution >= 0.6 is 11.8 Å². The number of anilines is 1. The zero-order valence-corrected chi connectivity index (χ0v) is 19.5. The summed E-state index contributed by atoms with van der Waals surface area (Å²) in [4.78, 5) is 11.0. The maximum Gasteiger partial charge on any atom is 0.417 e. The summed E-state index contributed by atoms with van der Waals surface area (Å²) in [7, 11) is 0. The molecule has 1 saturated carbocycles. The fourth-order valence-corrected chi connectivity index (χ4v) is 5.33. The number of nitrogens with one attached hydrogen (secondary N) is 1. The van der Waals surface area contributed by atoms with E-state index in [-0.39, 0.29) is 6.04 Å². The van der Waals surface area contributed by atoms with E-state index >= 15 is 0 Å². The van der Waals surface area contributed by atoms with Crippen molar-refractivity contribution in [3.8, 4) is 16.9 Å². The summed E-state index contributed by atoms with van der Waals surface area (Å²) in [5.74, 6) is 1.16. The van der Waals surface area contributed by atoms with Crippen LogP contribution in [0.1, 0.15) is 31.2 Å². The fraction of sp³-hybridized carbons (Fsp3) is 0.280. The molecule has 35 heavy (non-hydrogen) atoms. The maximum absolute atomic E-state index is 12.7. The van der Waals surface area contributed by atoms with Gasteiger partial charge in [0, 0.05) is 28.6 Å². The molecule has 6 nitrogen and oxygen atoms in total. The standard InChI is InChI=1S/C25H23F3N6S/c26-25(27,28)19-3-10-23(30-16-19)33-20-4-8-22(9-5-20)35-21-6-1-17(2-7-21)18-11-12-29-24(15-18)34-31-13-14-32-34/h1-3,6-7,10-16,20,22H,4-5,8-9H2,(H,30,33). The second-order valence-corrected chi connectivity index (χ2v) is 9.79. The van der Waals surface area contributed by atoms with Gasteiger partial charge in [0.15, 0.2) is 5.82 Å². The van der Waals surface area contributed by atoms with E-state index in [2.05, 4.69) is 49.7 Å². The summed E-state index contributed by atoms with van der Waals surface area (Å²) in [6, 6.07) is 15.1. The molecule has 1 aromatic carbocycles. The first-order valence-electron chi connectivity index (χ1n) is 11.3. The molecule has 0 bridgehead atoms. The van der Waals surface area contributed by atoms with E-state index in [1.165, 1.54) is 15.8 Å². The Morgan fingerprint density at radius 1 is 0.829 bits per heavy atom. The SMILES string of the molecule is FC(F)(F)c1ccc(NC2CCC(Sc3ccc(-c4ccnc(-n5nccn5)c4)cc3)CC2)nc1. The van der Waals surface area contributed by atoms with Crippen LogP contribution in [0.25, 0.3) is 16.9 Å². The summed E-state index contributed by atoms with van der Waals surface area (Å²) >= 11 is 1.88. The molecule has 180 valence electrons. The number of pyridine rings is 2. The van der Waals surface area contributed by atoms with Gasteiger partial charge in [-0.2, -0.15) is 23.4 Å². The Morgan fingerprint density at radius 2 is 1.57 bits per heavy atom. The van der Waals surface area contributed by atoms with Crippen molar-refractivity contribution < 1.29 is 13.2 Å². The van der Waals surface area contributed by atoms with Crippen LogP contribution in [0.15, 0.2) is 78.2 Å². The Labute approximate surface area is 205 Å². The summed E-state index contributed by atoms with van der Waals surface area (Å²) in [5.41, 5.74) is 1.42. The average molecular weight is 497 g/mol. The number of hydrogen-bond acceptors (Lipinski definition) is 6. The molecule has 10 heteroatoms. The van der Waals surface area contributed by atoms with E-state index in [0.717, 1.165) is 49.1 Å². The van der Waals surface area contributed by atoms with Gasteiger partial charge in [-0.25, -0.2) is 9.97 Å². The van der Waals surface area contributed by atoms with Gasteiger partial charge in [0.25, 0.3) is 0 Å². The molecule has 1 fully saturated rings. The van der Waals surface area contributed by atoms with Gasteiger partial charge in [-0.05, 0) is 73.2 Å². The molecule has 1 aliphatic carbocycles. The van der Waals surface area contributed by atoms with E-state index in [4.69, 9.17) is 0 Å². The Bertz CT molecular complexity index is 1240. The van der Waals surface area contributed by atoms with E-state index in [1.54, 1.807) is 18.6 Å². The molecule has 0 unspecified atom stereocenters. The van der Waals surface area contributed by atoms with Crippen molar-refractivity contribution in [1.82, 2.24) is 25.0 Å². The minimum absolute atomic E-state index is 0.226. The van der Waals surface area contributed by atoms with E-state index < -0.39 is 11.7 Å². The van der Waals surface area contributed by atoms with Crippen molar-refractivity contribution in [3.05, 3.63) is 78.9 Å². The molecule has 0 atom stereocenters. The van der Waals surface area contributed by atoms with Gasteiger partial charge in [-0.15, -0.1) is 16.6 Å². The predicted molar refractivity (Wildman–Crippen MR) is 129 cm³/mol. The van der Waals surface area contributed by atoms with Crippen LogP contribution in [0, 0.1) is 0 Å². The van der Waals surface area contributed by atoms with Crippen LogP contribution in [0.4, 0.5) is 19.0 Å². The molecule has 0 aliphatic heterocycles. The first-order chi connectivity index (χ1) is 16.9. The van der Waals surface area contributed by atoms with Crippen molar-refractivity contribution >= 4 is 17.6 Å². The number of nitrogens with zero attached hydrogens (tertiary/aromatic N) is 5.